The third-order valence-corrected chi connectivity index (χ3v) is 7.32. The number of aromatic nitrogens is 3. The molecule has 0 amide bonds. The minimum atomic E-state index is -4.38. The molecular formula is C24H21F2N5O3S. The van der Waals surface area contributed by atoms with Gasteiger partial charge in [-0.05, 0) is 48.9 Å². The smallest absolute Gasteiger partial charge is 0.264 e. The van der Waals surface area contributed by atoms with Gasteiger partial charge in [-0.25, -0.2) is 32.2 Å². The molecule has 0 aliphatic carbocycles. The number of hydrogen-bond acceptors (Lipinski definition) is 7. The van der Waals surface area contributed by atoms with Crippen LogP contribution >= 0.6 is 0 Å². The molecule has 1 unspecified atom stereocenters. The van der Waals surface area contributed by atoms with Gasteiger partial charge in [0, 0.05) is 35.7 Å². The zero-order valence-corrected chi connectivity index (χ0v) is 19.4. The van der Waals surface area contributed by atoms with Crippen LogP contribution < -0.4 is 14.8 Å². The van der Waals surface area contributed by atoms with E-state index in [0.717, 1.165) is 53.8 Å². The highest BCUT2D eigenvalue weighted by molar-refractivity contribution is 7.92. The molecule has 35 heavy (non-hydrogen) atoms. The maximum Gasteiger partial charge on any atom is 0.264 e. The molecule has 1 aliphatic rings. The molecule has 1 aliphatic heterocycles. The summed E-state index contributed by atoms with van der Waals surface area (Å²) >= 11 is 0. The summed E-state index contributed by atoms with van der Waals surface area (Å²) in [5.74, 6) is -1.81. The van der Waals surface area contributed by atoms with Gasteiger partial charge >= 0.3 is 0 Å². The molecule has 2 aromatic heterocycles. The van der Waals surface area contributed by atoms with Crippen molar-refractivity contribution in [3.05, 3.63) is 72.3 Å². The van der Waals surface area contributed by atoms with E-state index in [-0.39, 0.29) is 17.5 Å². The maximum absolute atomic E-state index is 14.2. The summed E-state index contributed by atoms with van der Waals surface area (Å²) in [5, 5.41) is 4.25. The van der Waals surface area contributed by atoms with Gasteiger partial charge in [-0.2, -0.15) is 0 Å². The van der Waals surface area contributed by atoms with Crippen LogP contribution in [-0.4, -0.2) is 43.6 Å². The lowest BCUT2D eigenvalue weighted by Crippen LogP contribution is -2.15. The second kappa shape index (κ2) is 9.16. The first-order valence-corrected chi connectivity index (χ1v) is 12.3. The molecule has 0 saturated carbocycles. The average molecular weight is 498 g/mol. The minimum absolute atomic E-state index is 0.00156. The Morgan fingerprint density at radius 2 is 1.91 bits per heavy atom. The second-order valence-corrected chi connectivity index (χ2v) is 9.79. The Morgan fingerprint density at radius 3 is 2.66 bits per heavy atom. The second-order valence-electron chi connectivity index (χ2n) is 8.14. The first-order chi connectivity index (χ1) is 16.9. The zero-order chi connectivity index (χ0) is 24.6. The number of ether oxygens (including phenoxy) is 1. The van der Waals surface area contributed by atoms with Crippen LogP contribution in [0.4, 0.5) is 14.5 Å². The number of pyridine rings is 1. The summed E-state index contributed by atoms with van der Waals surface area (Å²) in [5.41, 5.74) is 3.14. The zero-order valence-electron chi connectivity index (χ0n) is 18.6. The fourth-order valence-electron chi connectivity index (χ4n) is 4.21. The molecule has 2 N–H and O–H groups in total. The van der Waals surface area contributed by atoms with Crippen LogP contribution in [0, 0.1) is 11.6 Å². The molecule has 3 heterocycles. The van der Waals surface area contributed by atoms with E-state index in [1.165, 1.54) is 7.11 Å². The third kappa shape index (κ3) is 4.52. The van der Waals surface area contributed by atoms with E-state index < -0.39 is 26.6 Å². The first-order valence-electron chi connectivity index (χ1n) is 10.8. The summed E-state index contributed by atoms with van der Waals surface area (Å²) in [4.78, 5) is 12.4. The van der Waals surface area contributed by atoms with Crippen molar-refractivity contribution in [3.8, 4) is 17.0 Å². The van der Waals surface area contributed by atoms with Crippen molar-refractivity contribution in [1.82, 2.24) is 20.3 Å². The van der Waals surface area contributed by atoms with E-state index >= 15 is 0 Å². The van der Waals surface area contributed by atoms with E-state index in [1.807, 2.05) is 18.2 Å². The molecule has 11 heteroatoms. The van der Waals surface area contributed by atoms with Crippen molar-refractivity contribution >= 4 is 26.6 Å². The summed E-state index contributed by atoms with van der Waals surface area (Å²) in [7, 11) is -3.04. The van der Waals surface area contributed by atoms with Crippen molar-refractivity contribution in [3.63, 3.8) is 0 Å². The highest BCUT2D eigenvalue weighted by Gasteiger charge is 2.23. The van der Waals surface area contributed by atoms with Crippen LogP contribution in [0.15, 0.2) is 59.9 Å². The fourth-order valence-corrected chi connectivity index (χ4v) is 5.32. The van der Waals surface area contributed by atoms with Crippen LogP contribution in [0.2, 0.25) is 0 Å². The van der Waals surface area contributed by atoms with E-state index in [0.29, 0.717) is 11.6 Å². The Kier molecular flexibility index (Phi) is 6.03. The minimum Gasteiger partial charge on any atom is -0.480 e. The predicted octanol–water partition coefficient (Wildman–Crippen LogP) is 3.86. The van der Waals surface area contributed by atoms with Gasteiger partial charge < -0.3 is 10.1 Å². The van der Waals surface area contributed by atoms with Crippen molar-refractivity contribution in [2.45, 2.75) is 17.2 Å². The van der Waals surface area contributed by atoms with Crippen LogP contribution in [-0.2, 0) is 10.0 Å². The number of sulfonamides is 1. The summed E-state index contributed by atoms with van der Waals surface area (Å²) in [6.07, 6.45) is 4.09. The number of anilines is 1. The molecule has 5 rings (SSSR count). The molecule has 8 nitrogen and oxygen atoms in total. The highest BCUT2D eigenvalue weighted by atomic mass is 32.2. The summed E-state index contributed by atoms with van der Waals surface area (Å²) in [6.45, 7) is 1.77. The first kappa shape index (κ1) is 23.1. The standard InChI is InChI=1S/C24H21F2N5O3S/c1-34-24-21(31-35(32,33)22-5-3-17(25)10-19(22)26)9-16(12-28-24)14-2-4-20-18(8-14)23(30-13-29-20)15-6-7-27-11-15/h2-5,8-10,12-13,15,27,31H,6-7,11H2,1H3. The Bertz CT molecular complexity index is 1530. The van der Waals surface area contributed by atoms with Crippen LogP contribution in [0.3, 0.4) is 0 Å². The van der Waals surface area contributed by atoms with Gasteiger partial charge in [0.15, 0.2) is 0 Å². The van der Waals surface area contributed by atoms with E-state index in [1.54, 1.807) is 18.6 Å². The highest BCUT2D eigenvalue weighted by Crippen LogP contribution is 2.34. The molecule has 4 aromatic rings. The van der Waals surface area contributed by atoms with Gasteiger partial charge in [-0.1, -0.05) is 6.07 Å². The lowest BCUT2D eigenvalue weighted by molar-refractivity contribution is 0.400. The predicted molar refractivity (Wildman–Crippen MR) is 127 cm³/mol. The molecule has 1 atom stereocenters. The Balaban J connectivity index is 1.55. The molecule has 1 saturated heterocycles. The van der Waals surface area contributed by atoms with Crippen molar-refractivity contribution in [1.29, 1.82) is 0 Å². The van der Waals surface area contributed by atoms with Crippen molar-refractivity contribution < 1.29 is 21.9 Å². The molecule has 1 fully saturated rings. The molecule has 0 bridgehead atoms. The topological polar surface area (TPSA) is 106 Å². The number of nitrogens with one attached hydrogen (secondary N) is 2. The van der Waals surface area contributed by atoms with Gasteiger partial charge in [-0.15, -0.1) is 0 Å². The monoisotopic (exact) mass is 497 g/mol. The van der Waals surface area contributed by atoms with Crippen LogP contribution in [0.5, 0.6) is 5.88 Å². The van der Waals surface area contributed by atoms with Crippen LogP contribution in [0.25, 0.3) is 22.0 Å². The molecule has 2 aromatic carbocycles. The number of rotatable bonds is 6. The molecular weight excluding hydrogens is 476 g/mol. The van der Waals surface area contributed by atoms with Crippen molar-refractivity contribution in [2.75, 3.05) is 24.9 Å². The number of benzene rings is 2. The lowest BCUT2D eigenvalue weighted by Gasteiger charge is -2.14. The van der Waals surface area contributed by atoms with Gasteiger partial charge in [0.1, 0.15) is 28.5 Å². The normalized spacial score (nSPS) is 15.9. The van der Waals surface area contributed by atoms with E-state index in [4.69, 9.17) is 4.74 Å². The quantitative estimate of drug-likeness (QED) is 0.417. The summed E-state index contributed by atoms with van der Waals surface area (Å²) in [6, 6.07) is 9.47. The Morgan fingerprint density at radius 1 is 1.06 bits per heavy atom. The largest absolute Gasteiger partial charge is 0.480 e. The fraction of sp³-hybridized carbons (Fsp3) is 0.208. The summed E-state index contributed by atoms with van der Waals surface area (Å²) < 4.78 is 60.6. The Labute approximate surface area is 200 Å². The number of nitrogens with zero attached hydrogens (tertiary/aromatic N) is 3. The van der Waals surface area contributed by atoms with E-state index in [2.05, 4.69) is 25.0 Å². The van der Waals surface area contributed by atoms with Gasteiger partial charge in [-0.3, -0.25) is 4.72 Å². The van der Waals surface area contributed by atoms with Gasteiger partial charge in [0.2, 0.25) is 5.88 Å². The van der Waals surface area contributed by atoms with Crippen molar-refractivity contribution in [2.24, 2.45) is 0 Å². The van der Waals surface area contributed by atoms with Gasteiger partial charge in [0.05, 0.1) is 18.3 Å². The molecule has 0 spiro atoms. The Hall–Kier alpha value is -3.70. The van der Waals surface area contributed by atoms with E-state index in [9.17, 15) is 17.2 Å². The van der Waals surface area contributed by atoms with Crippen LogP contribution in [0.1, 0.15) is 18.0 Å². The number of halogens is 2. The number of hydrogen-bond donors (Lipinski definition) is 2. The maximum atomic E-state index is 14.2. The van der Waals surface area contributed by atoms with Gasteiger partial charge in [0.25, 0.3) is 10.0 Å². The SMILES string of the molecule is COc1ncc(-c2ccc3ncnc(C4CCNC4)c3c2)cc1NS(=O)(=O)c1ccc(F)cc1F. The number of methoxy groups -OCH3 is 1. The molecule has 0 radical (unpaired) electrons. The number of fused-ring (bicyclic) bond motifs is 1. The average Bonchev–Trinajstić information content (AvgIpc) is 3.37. The lowest BCUT2D eigenvalue weighted by atomic mass is 9.97. The molecule has 180 valence electrons. The third-order valence-electron chi connectivity index (χ3n) is 5.92.